The van der Waals surface area contributed by atoms with E-state index in [-0.39, 0.29) is 0 Å². The second-order valence-electron chi connectivity index (χ2n) is 3.95. The molecule has 0 atom stereocenters. The monoisotopic (exact) mass is 296 g/mol. The van der Waals surface area contributed by atoms with Gasteiger partial charge in [-0.05, 0) is 24.1 Å². The van der Waals surface area contributed by atoms with Gasteiger partial charge in [0.05, 0.1) is 0 Å². The maximum absolute atomic E-state index is 6.11. The summed E-state index contributed by atoms with van der Waals surface area (Å²) >= 11 is 12.0. The van der Waals surface area contributed by atoms with E-state index in [9.17, 15) is 0 Å². The molecular formula is C13H14Cl2N4. The molecule has 0 aliphatic heterocycles. The molecule has 6 heteroatoms. The third-order valence-electron chi connectivity index (χ3n) is 2.64. The van der Waals surface area contributed by atoms with Gasteiger partial charge in [0.25, 0.3) is 0 Å². The van der Waals surface area contributed by atoms with Crippen LogP contribution < -0.4 is 10.6 Å². The van der Waals surface area contributed by atoms with Gasteiger partial charge < -0.3 is 10.6 Å². The Bertz CT molecular complexity index is 560. The molecule has 0 fully saturated rings. The van der Waals surface area contributed by atoms with Crippen LogP contribution in [0.15, 0.2) is 30.6 Å². The van der Waals surface area contributed by atoms with Gasteiger partial charge in [0.15, 0.2) is 0 Å². The van der Waals surface area contributed by atoms with Crippen LogP contribution >= 0.6 is 23.2 Å². The number of halogens is 2. The molecule has 4 nitrogen and oxygen atoms in total. The molecule has 19 heavy (non-hydrogen) atoms. The van der Waals surface area contributed by atoms with Crippen LogP contribution in [0.25, 0.3) is 0 Å². The maximum Gasteiger partial charge on any atom is 0.131 e. The lowest BCUT2D eigenvalue weighted by Gasteiger charge is -2.08. The molecule has 0 amide bonds. The number of hydrogen-bond donors (Lipinski definition) is 2. The van der Waals surface area contributed by atoms with E-state index in [1.165, 1.54) is 6.33 Å². The minimum absolute atomic E-state index is 0.649. The molecule has 1 aromatic heterocycles. The van der Waals surface area contributed by atoms with Gasteiger partial charge in [0.1, 0.15) is 18.0 Å². The molecule has 0 aliphatic rings. The zero-order valence-corrected chi connectivity index (χ0v) is 12.0. The molecule has 0 aliphatic carbocycles. The Kier molecular flexibility index (Phi) is 4.82. The standard InChI is InChI=1S/C13H14Cl2N4/c1-16-12-7-13(19-8-18-12)17-5-4-9-2-3-10(14)6-11(9)15/h2-3,6-8H,4-5H2,1H3,(H2,16,17,18,19). The van der Waals surface area contributed by atoms with Gasteiger partial charge >= 0.3 is 0 Å². The summed E-state index contributed by atoms with van der Waals surface area (Å²) in [6.45, 7) is 0.738. The highest BCUT2D eigenvalue weighted by Gasteiger charge is 2.02. The van der Waals surface area contributed by atoms with Crippen LogP contribution in [0.1, 0.15) is 5.56 Å². The van der Waals surface area contributed by atoms with E-state index in [0.717, 1.165) is 30.2 Å². The van der Waals surface area contributed by atoms with E-state index in [4.69, 9.17) is 23.2 Å². The molecule has 0 bridgehead atoms. The Balaban J connectivity index is 1.92. The summed E-state index contributed by atoms with van der Waals surface area (Å²) in [5.41, 5.74) is 1.06. The molecule has 0 radical (unpaired) electrons. The van der Waals surface area contributed by atoms with Gasteiger partial charge in [-0.15, -0.1) is 0 Å². The summed E-state index contributed by atoms with van der Waals surface area (Å²) in [5.74, 6) is 1.56. The van der Waals surface area contributed by atoms with E-state index in [1.54, 1.807) is 6.07 Å². The van der Waals surface area contributed by atoms with Crippen LogP contribution in [0.2, 0.25) is 10.0 Å². The Morgan fingerprint density at radius 2 is 1.89 bits per heavy atom. The average Bonchev–Trinajstić information content (AvgIpc) is 2.41. The quantitative estimate of drug-likeness (QED) is 0.887. The maximum atomic E-state index is 6.11. The van der Waals surface area contributed by atoms with Gasteiger partial charge in [0.2, 0.25) is 0 Å². The van der Waals surface area contributed by atoms with Crippen LogP contribution in [0, 0.1) is 0 Å². The summed E-state index contributed by atoms with van der Waals surface area (Å²) in [6.07, 6.45) is 2.32. The lowest BCUT2D eigenvalue weighted by atomic mass is 10.1. The van der Waals surface area contributed by atoms with Crippen molar-refractivity contribution in [1.82, 2.24) is 9.97 Å². The minimum Gasteiger partial charge on any atom is -0.373 e. The molecule has 1 heterocycles. The highest BCUT2D eigenvalue weighted by atomic mass is 35.5. The lowest BCUT2D eigenvalue weighted by Crippen LogP contribution is -2.07. The van der Waals surface area contributed by atoms with Crippen molar-refractivity contribution in [1.29, 1.82) is 0 Å². The number of hydrogen-bond acceptors (Lipinski definition) is 4. The number of aromatic nitrogens is 2. The molecule has 2 aromatic rings. The van der Waals surface area contributed by atoms with Gasteiger partial charge in [-0.2, -0.15) is 0 Å². The molecule has 0 unspecified atom stereocenters. The van der Waals surface area contributed by atoms with Crippen molar-refractivity contribution in [2.45, 2.75) is 6.42 Å². The lowest BCUT2D eigenvalue weighted by molar-refractivity contribution is 1.000. The van der Waals surface area contributed by atoms with Gasteiger partial charge in [-0.25, -0.2) is 9.97 Å². The Morgan fingerprint density at radius 1 is 1.11 bits per heavy atom. The summed E-state index contributed by atoms with van der Waals surface area (Å²) in [5, 5.41) is 7.53. The fourth-order valence-electron chi connectivity index (χ4n) is 1.64. The first-order chi connectivity index (χ1) is 9.19. The molecule has 1 aromatic carbocycles. The zero-order chi connectivity index (χ0) is 13.7. The molecule has 2 rings (SSSR count). The van der Waals surface area contributed by atoms with Crippen LogP contribution in [0.5, 0.6) is 0 Å². The van der Waals surface area contributed by atoms with Crippen molar-refractivity contribution in [3.63, 3.8) is 0 Å². The van der Waals surface area contributed by atoms with Crippen molar-refractivity contribution >= 4 is 34.8 Å². The van der Waals surface area contributed by atoms with Crippen molar-refractivity contribution in [3.05, 3.63) is 46.2 Å². The minimum atomic E-state index is 0.649. The first kappa shape index (κ1) is 13.9. The van der Waals surface area contributed by atoms with Crippen molar-refractivity contribution in [2.75, 3.05) is 24.2 Å². The van der Waals surface area contributed by atoms with Gasteiger partial charge in [-0.1, -0.05) is 29.3 Å². The fourth-order valence-corrected chi connectivity index (χ4v) is 2.14. The Hall–Kier alpha value is -1.52. The SMILES string of the molecule is CNc1cc(NCCc2ccc(Cl)cc2Cl)ncn1. The molecule has 0 saturated carbocycles. The van der Waals surface area contributed by atoms with E-state index in [1.807, 2.05) is 25.2 Å². The van der Waals surface area contributed by atoms with Crippen LogP contribution in [0.4, 0.5) is 11.6 Å². The van der Waals surface area contributed by atoms with Crippen molar-refractivity contribution < 1.29 is 0 Å². The number of anilines is 2. The number of nitrogens with one attached hydrogen (secondary N) is 2. The Labute approximate surface area is 122 Å². The fraction of sp³-hybridized carbons (Fsp3) is 0.231. The van der Waals surface area contributed by atoms with E-state index >= 15 is 0 Å². The summed E-state index contributed by atoms with van der Waals surface area (Å²) in [7, 11) is 1.82. The molecule has 0 spiro atoms. The summed E-state index contributed by atoms with van der Waals surface area (Å²) in [6, 6.07) is 7.38. The second kappa shape index (κ2) is 6.59. The predicted octanol–water partition coefficient (Wildman–Crippen LogP) is 3.48. The van der Waals surface area contributed by atoms with E-state index in [2.05, 4.69) is 20.6 Å². The zero-order valence-electron chi connectivity index (χ0n) is 10.5. The van der Waals surface area contributed by atoms with E-state index < -0.39 is 0 Å². The smallest absolute Gasteiger partial charge is 0.131 e. The third-order valence-corrected chi connectivity index (χ3v) is 3.23. The summed E-state index contributed by atoms with van der Waals surface area (Å²) < 4.78 is 0. The topological polar surface area (TPSA) is 49.8 Å². The number of nitrogens with zero attached hydrogens (tertiary/aromatic N) is 2. The Morgan fingerprint density at radius 3 is 2.63 bits per heavy atom. The van der Waals surface area contributed by atoms with Crippen LogP contribution in [-0.2, 0) is 6.42 Å². The molecule has 2 N–H and O–H groups in total. The molecule has 100 valence electrons. The first-order valence-electron chi connectivity index (χ1n) is 5.86. The largest absolute Gasteiger partial charge is 0.373 e. The highest BCUT2D eigenvalue weighted by Crippen LogP contribution is 2.21. The predicted molar refractivity (Wildman–Crippen MR) is 80.2 cm³/mol. The van der Waals surface area contributed by atoms with Crippen molar-refractivity contribution in [2.24, 2.45) is 0 Å². The molecular weight excluding hydrogens is 283 g/mol. The number of benzene rings is 1. The van der Waals surface area contributed by atoms with Gasteiger partial charge in [-0.3, -0.25) is 0 Å². The summed E-state index contributed by atoms with van der Waals surface area (Å²) in [4.78, 5) is 8.19. The molecule has 0 saturated heterocycles. The first-order valence-corrected chi connectivity index (χ1v) is 6.62. The van der Waals surface area contributed by atoms with Crippen LogP contribution in [-0.4, -0.2) is 23.6 Å². The van der Waals surface area contributed by atoms with E-state index in [0.29, 0.717) is 10.0 Å². The normalized spacial score (nSPS) is 10.3. The van der Waals surface area contributed by atoms with Gasteiger partial charge in [0, 0.05) is 29.7 Å². The second-order valence-corrected chi connectivity index (χ2v) is 4.79. The highest BCUT2D eigenvalue weighted by molar-refractivity contribution is 6.35. The van der Waals surface area contributed by atoms with Crippen LogP contribution in [0.3, 0.4) is 0 Å². The average molecular weight is 297 g/mol. The third kappa shape index (κ3) is 3.98. The van der Waals surface area contributed by atoms with Crippen molar-refractivity contribution in [3.8, 4) is 0 Å². The number of rotatable bonds is 5.